The zero-order valence-corrected chi connectivity index (χ0v) is 12.8. The highest BCUT2D eigenvalue weighted by Crippen LogP contribution is 2.29. The van der Waals surface area contributed by atoms with Gasteiger partial charge in [0.25, 0.3) is 5.91 Å². The summed E-state index contributed by atoms with van der Waals surface area (Å²) in [5, 5.41) is 10.9. The Labute approximate surface area is 129 Å². The first kappa shape index (κ1) is 16.2. The van der Waals surface area contributed by atoms with Crippen molar-refractivity contribution >= 4 is 11.6 Å². The molecule has 0 saturated carbocycles. The highest BCUT2D eigenvalue weighted by molar-refractivity contribution is 5.95. The maximum Gasteiger partial charge on any atom is 0.310 e. The van der Waals surface area contributed by atoms with Gasteiger partial charge in [-0.3, -0.25) is 14.9 Å². The van der Waals surface area contributed by atoms with Gasteiger partial charge in [0.05, 0.1) is 12.0 Å². The van der Waals surface area contributed by atoms with Crippen LogP contribution in [0.25, 0.3) is 0 Å². The molecule has 0 aromatic heterocycles. The highest BCUT2D eigenvalue weighted by Gasteiger charge is 2.26. The summed E-state index contributed by atoms with van der Waals surface area (Å²) in [5.74, 6) is 0.410. The van der Waals surface area contributed by atoms with Crippen molar-refractivity contribution in [2.45, 2.75) is 25.8 Å². The van der Waals surface area contributed by atoms with Crippen LogP contribution in [-0.2, 0) is 0 Å². The number of methoxy groups -OCH3 is 1. The van der Waals surface area contributed by atoms with Gasteiger partial charge < -0.3 is 15.4 Å². The van der Waals surface area contributed by atoms with Crippen molar-refractivity contribution in [2.24, 2.45) is 11.7 Å². The second-order valence-electron chi connectivity index (χ2n) is 5.63. The van der Waals surface area contributed by atoms with Crippen LogP contribution >= 0.6 is 0 Å². The van der Waals surface area contributed by atoms with E-state index >= 15 is 0 Å². The predicted octanol–water partition coefficient (Wildman–Crippen LogP) is 1.80. The monoisotopic (exact) mass is 307 g/mol. The minimum absolute atomic E-state index is 0.0984. The Bertz CT molecular complexity index is 566. The standard InChI is InChI=1S/C15H21N3O4/c1-10(16)11-5-7-17(8-6-11)15(19)12-3-4-13(18(20)21)14(9-12)22-2/h3-4,9-11H,5-8,16H2,1-2H3. The van der Waals surface area contributed by atoms with E-state index in [1.54, 1.807) is 4.90 Å². The van der Waals surface area contributed by atoms with E-state index in [-0.39, 0.29) is 23.4 Å². The summed E-state index contributed by atoms with van der Waals surface area (Å²) in [5.41, 5.74) is 6.16. The fraction of sp³-hybridized carbons (Fsp3) is 0.533. The summed E-state index contributed by atoms with van der Waals surface area (Å²) in [7, 11) is 1.35. The maximum absolute atomic E-state index is 12.5. The van der Waals surface area contributed by atoms with Crippen LogP contribution in [0.5, 0.6) is 5.75 Å². The Balaban J connectivity index is 2.12. The van der Waals surface area contributed by atoms with Gasteiger partial charge in [-0.2, -0.15) is 0 Å². The molecule has 1 aromatic carbocycles. The largest absolute Gasteiger partial charge is 0.490 e. The van der Waals surface area contributed by atoms with Crippen molar-refractivity contribution in [1.82, 2.24) is 4.90 Å². The Kier molecular flexibility index (Phi) is 4.97. The van der Waals surface area contributed by atoms with Crippen molar-refractivity contribution in [3.8, 4) is 5.75 Å². The molecular formula is C15H21N3O4. The molecule has 7 nitrogen and oxygen atoms in total. The van der Waals surface area contributed by atoms with Gasteiger partial charge in [0.15, 0.2) is 5.75 Å². The Morgan fingerprint density at radius 2 is 2.09 bits per heavy atom. The lowest BCUT2D eigenvalue weighted by atomic mass is 9.90. The number of carbonyl (C=O) groups excluding carboxylic acids is 1. The second kappa shape index (κ2) is 6.74. The van der Waals surface area contributed by atoms with Crippen LogP contribution in [0.2, 0.25) is 0 Å². The molecule has 22 heavy (non-hydrogen) atoms. The normalized spacial score (nSPS) is 17.1. The predicted molar refractivity (Wildman–Crippen MR) is 81.9 cm³/mol. The van der Waals surface area contributed by atoms with Crippen LogP contribution in [0.3, 0.4) is 0 Å². The number of hydrogen-bond acceptors (Lipinski definition) is 5. The fourth-order valence-corrected chi connectivity index (χ4v) is 2.77. The average Bonchev–Trinajstić information content (AvgIpc) is 2.53. The van der Waals surface area contributed by atoms with E-state index in [1.807, 2.05) is 6.92 Å². The molecule has 120 valence electrons. The smallest absolute Gasteiger partial charge is 0.310 e. The molecule has 7 heteroatoms. The van der Waals surface area contributed by atoms with Gasteiger partial charge in [-0.1, -0.05) is 0 Å². The average molecular weight is 307 g/mol. The Morgan fingerprint density at radius 1 is 1.45 bits per heavy atom. The molecule has 1 atom stereocenters. The van der Waals surface area contributed by atoms with Crippen molar-refractivity contribution in [1.29, 1.82) is 0 Å². The van der Waals surface area contributed by atoms with Gasteiger partial charge >= 0.3 is 5.69 Å². The van der Waals surface area contributed by atoms with Crippen LogP contribution < -0.4 is 10.5 Å². The van der Waals surface area contributed by atoms with E-state index in [0.29, 0.717) is 24.6 Å². The van der Waals surface area contributed by atoms with Crippen LogP contribution in [-0.4, -0.2) is 42.0 Å². The third kappa shape index (κ3) is 3.36. The molecule has 2 rings (SSSR count). The van der Waals surface area contributed by atoms with Crippen molar-refractivity contribution in [2.75, 3.05) is 20.2 Å². The number of hydrogen-bond donors (Lipinski definition) is 1. The minimum atomic E-state index is -0.527. The number of nitro benzene ring substituents is 1. The molecule has 1 aromatic rings. The molecular weight excluding hydrogens is 286 g/mol. The van der Waals surface area contributed by atoms with E-state index in [0.717, 1.165) is 12.8 Å². The minimum Gasteiger partial charge on any atom is -0.490 e. The quantitative estimate of drug-likeness (QED) is 0.675. The van der Waals surface area contributed by atoms with E-state index in [1.165, 1.54) is 25.3 Å². The van der Waals surface area contributed by atoms with Gasteiger partial charge in [0.1, 0.15) is 0 Å². The van der Waals surface area contributed by atoms with Crippen molar-refractivity contribution in [3.05, 3.63) is 33.9 Å². The third-order valence-corrected chi connectivity index (χ3v) is 4.19. The van der Waals surface area contributed by atoms with Crippen molar-refractivity contribution in [3.63, 3.8) is 0 Å². The molecule has 1 aliphatic rings. The molecule has 1 aliphatic heterocycles. The molecule has 1 heterocycles. The number of nitro groups is 1. The SMILES string of the molecule is COc1cc(C(=O)N2CCC(C(C)N)CC2)ccc1[N+](=O)[O-]. The Morgan fingerprint density at radius 3 is 2.59 bits per heavy atom. The zero-order chi connectivity index (χ0) is 16.3. The summed E-state index contributed by atoms with van der Waals surface area (Å²) in [4.78, 5) is 24.6. The van der Waals surface area contributed by atoms with E-state index < -0.39 is 4.92 Å². The van der Waals surface area contributed by atoms with E-state index in [2.05, 4.69) is 0 Å². The molecule has 0 aliphatic carbocycles. The van der Waals surface area contributed by atoms with Gasteiger partial charge in [0, 0.05) is 36.8 Å². The number of ether oxygens (including phenoxy) is 1. The first-order chi connectivity index (χ1) is 10.4. The molecule has 0 bridgehead atoms. The molecule has 0 spiro atoms. The number of likely N-dealkylation sites (tertiary alicyclic amines) is 1. The number of carbonyl (C=O) groups is 1. The fourth-order valence-electron chi connectivity index (χ4n) is 2.77. The number of nitrogens with zero attached hydrogens (tertiary/aromatic N) is 2. The van der Waals surface area contributed by atoms with Gasteiger partial charge in [0.2, 0.25) is 0 Å². The molecule has 1 unspecified atom stereocenters. The zero-order valence-electron chi connectivity index (χ0n) is 12.8. The van der Waals surface area contributed by atoms with Crippen LogP contribution in [0.15, 0.2) is 18.2 Å². The first-order valence-corrected chi connectivity index (χ1v) is 7.31. The molecule has 0 radical (unpaired) electrons. The molecule has 1 amide bonds. The molecule has 2 N–H and O–H groups in total. The van der Waals surface area contributed by atoms with Gasteiger partial charge in [-0.05, 0) is 31.7 Å². The summed E-state index contributed by atoms with van der Waals surface area (Å²) in [6.45, 7) is 3.30. The second-order valence-corrected chi connectivity index (χ2v) is 5.63. The van der Waals surface area contributed by atoms with Crippen LogP contribution in [0.1, 0.15) is 30.1 Å². The number of rotatable bonds is 4. The van der Waals surface area contributed by atoms with E-state index in [9.17, 15) is 14.9 Å². The number of nitrogens with two attached hydrogens (primary N) is 1. The third-order valence-electron chi connectivity index (χ3n) is 4.19. The number of piperidine rings is 1. The Hall–Kier alpha value is -2.15. The number of amides is 1. The van der Waals surface area contributed by atoms with Gasteiger partial charge in [-0.15, -0.1) is 0 Å². The highest BCUT2D eigenvalue weighted by atomic mass is 16.6. The summed E-state index contributed by atoms with van der Waals surface area (Å²) < 4.78 is 5.00. The lowest BCUT2D eigenvalue weighted by Crippen LogP contribution is -2.42. The summed E-state index contributed by atoms with van der Waals surface area (Å²) in [6, 6.07) is 4.34. The van der Waals surface area contributed by atoms with Crippen molar-refractivity contribution < 1.29 is 14.5 Å². The topological polar surface area (TPSA) is 98.7 Å². The maximum atomic E-state index is 12.5. The van der Waals surface area contributed by atoms with Gasteiger partial charge in [-0.25, -0.2) is 0 Å². The van der Waals surface area contributed by atoms with E-state index in [4.69, 9.17) is 10.5 Å². The van der Waals surface area contributed by atoms with Crippen LogP contribution in [0.4, 0.5) is 5.69 Å². The van der Waals surface area contributed by atoms with Crippen LogP contribution in [0, 0.1) is 16.0 Å². The number of benzene rings is 1. The first-order valence-electron chi connectivity index (χ1n) is 7.31. The summed E-state index contributed by atoms with van der Waals surface area (Å²) in [6.07, 6.45) is 1.76. The lowest BCUT2D eigenvalue weighted by molar-refractivity contribution is -0.385. The summed E-state index contributed by atoms with van der Waals surface area (Å²) >= 11 is 0. The lowest BCUT2D eigenvalue weighted by Gasteiger charge is -2.33. The molecule has 1 fully saturated rings. The molecule has 1 saturated heterocycles.